The number of ether oxygens (including phenoxy) is 1. The number of nitrogens with zero attached hydrogens (tertiary/aromatic N) is 2. The molecule has 2 aliphatic heterocycles. The van der Waals surface area contributed by atoms with Gasteiger partial charge in [-0.05, 0) is 37.8 Å². The third kappa shape index (κ3) is 4.20. The summed E-state index contributed by atoms with van der Waals surface area (Å²) in [4.78, 5) is 15.1. The molecule has 27 heavy (non-hydrogen) atoms. The van der Waals surface area contributed by atoms with Gasteiger partial charge in [-0.1, -0.05) is 12.1 Å². The van der Waals surface area contributed by atoms with Crippen molar-refractivity contribution < 1.29 is 13.9 Å². The number of hydrogen-bond acceptors (Lipinski definition) is 4. The van der Waals surface area contributed by atoms with E-state index in [9.17, 15) is 9.18 Å². The van der Waals surface area contributed by atoms with Crippen molar-refractivity contribution in [2.75, 3.05) is 26.2 Å². The van der Waals surface area contributed by atoms with E-state index < -0.39 is 0 Å². The van der Waals surface area contributed by atoms with Gasteiger partial charge in [0.25, 0.3) is 5.91 Å². The molecule has 6 nitrogen and oxygen atoms in total. The molecule has 0 spiro atoms. The summed E-state index contributed by atoms with van der Waals surface area (Å²) in [5, 5.41) is 9.79. The number of carbonyl (C=O) groups is 1. The van der Waals surface area contributed by atoms with Crippen molar-refractivity contribution in [2.24, 2.45) is 0 Å². The summed E-state index contributed by atoms with van der Waals surface area (Å²) < 4.78 is 19.8. The third-order valence-corrected chi connectivity index (χ3v) is 5.44. The van der Waals surface area contributed by atoms with Gasteiger partial charge in [0.1, 0.15) is 5.82 Å². The molecule has 2 fully saturated rings. The molecule has 1 amide bonds. The van der Waals surface area contributed by atoms with Crippen LogP contribution in [0, 0.1) is 5.82 Å². The maximum Gasteiger partial charge on any atom is 0.255 e. The fraction of sp³-hybridized carbons (Fsp3) is 0.500. The molecule has 3 heterocycles. The van der Waals surface area contributed by atoms with Gasteiger partial charge in [-0.25, -0.2) is 4.39 Å². The Morgan fingerprint density at radius 3 is 2.85 bits per heavy atom. The van der Waals surface area contributed by atoms with Crippen LogP contribution in [0.4, 0.5) is 4.39 Å². The summed E-state index contributed by atoms with van der Waals surface area (Å²) in [6, 6.07) is 6.51. The summed E-state index contributed by atoms with van der Waals surface area (Å²) in [6.07, 6.45) is 5.95. The first-order valence-electron chi connectivity index (χ1n) is 9.64. The van der Waals surface area contributed by atoms with E-state index in [0.717, 1.165) is 51.9 Å². The predicted octanol–water partition coefficient (Wildman–Crippen LogP) is 2.59. The standard InChI is InChI=1S/C20H25FN4O2/c21-18-6-2-1-5-16(18)19-17(12-22-24-19)20(26)23-14-7-9-25(10-8-14)13-15-4-3-11-27-15/h1-2,5-6,12,14-15H,3-4,7-11,13H2,(H,22,24)(H,23,26)/t15-/m0/s1. The second-order valence-electron chi connectivity index (χ2n) is 7.32. The first-order valence-corrected chi connectivity index (χ1v) is 9.64. The maximum atomic E-state index is 14.1. The number of piperidine rings is 1. The summed E-state index contributed by atoms with van der Waals surface area (Å²) in [5.74, 6) is -0.585. The minimum Gasteiger partial charge on any atom is -0.377 e. The minimum atomic E-state index is -0.377. The van der Waals surface area contributed by atoms with E-state index in [1.165, 1.54) is 12.3 Å². The molecule has 7 heteroatoms. The van der Waals surface area contributed by atoms with Crippen LogP contribution in [0.3, 0.4) is 0 Å². The van der Waals surface area contributed by atoms with Gasteiger partial charge in [-0.15, -0.1) is 0 Å². The van der Waals surface area contributed by atoms with E-state index in [0.29, 0.717) is 22.9 Å². The lowest BCUT2D eigenvalue weighted by atomic mass is 10.0. The highest BCUT2D eigenvalue weighted by atomic mass is 19.1. The van der Waals surface area contributed by atoms with Gasteiger partial charge >= 0.3 is 0 Å². The van der Waals surface area contributed by atoms with Gasteiger partial charge < -0.3 is 15.0 Å². The number of benzene rings is 1. The third-order valence-electron chi connectivity index (χ3n) is 5.44. The largest absolute Gasteiger partial charge is 0.377 e. The van der Waals surface area contributed by atoms with Crippen molar-refractivity contribution >= 4 is 5.91 Å². The van der Waals surface area contributed by atoms with E-state index in [-0.39, 0.29) is 17.8 Å². The number of H-pyrrole nitrogens is 1. The fourth-order valence-electron chi connectivity index (χ4n) is 3.93. The number of amides is 1. The second kappa shape index (κ2) is 8.19. The van der Waals surface area contributed by atoms with Crippen LogP contribution in [0.5, 0.6) is 0 Å². The SMILES string of the molecule is O=C(NC1CCN(C[C@@H]2CCCO2)CC1)c1cn[nH]c1-c1ccccc1F. The van der Waals surface area contributed by atoms with E-state index >= 15 is 0 Å². The minimum absolute atomic E-state index is 0.126. The van der Waals surface area contributed by atoms with Gasteiger partial charge in [0, 0.05) is 37.8 Å². The first-order chi connectivity index (χ1) is 13.2. The zero-order chi connectivity index (χ0) is 18.6. The van der Waals surface area contributed by atoms with Gasteiger partial charge in [0.15, 0.2) is 0 Å². The summed E-state index contributed by atoms with van der Waals surface area (Å²) in [6.45, 7) is 3.78. The Hall–Kier alpha value is -2.25. The molecule has 0 aliphatic carbocycles. The summed E-state index contributed by atoms with van der Waals surface area (Å²) >= 11 is 0. The number of likely N-dealkylation sites (tertiary alicyclic amines) is 1. The predicted molar refractivity (Wildman–Crippen MR) is 99.9 cm³/mol. The number of hydrogen-bond donors (Lipinski definition) is 2. The maximum absolute atomic E-state index is 14.1. The highest BCUT2D eigenvalue weighted by Crippen LogP contribution is 2.24. The van der Waals surface area contributed by atoms with Gasteiger partial charge in [0.2, 0.25) is 0 Å². The molecule has 0 bridgehead atoms. The smallest absolute Gasteiger partial charge is 0.255 e. The van der Waals surface area contributed by atoms with E-state index in [4.69, 9.17) is 4.74 Å². The van der Waals surface area contributed by atoms with Crippen LogP contribution in [0.15, 0.2) is 30.5 Å². The number of halogens is 1. The molecule has 0 unspecified atom stereocenters. The number of aromatic amines is 1. The summed E-state index contributed by atoms with van der Waals surface area (Å²) in [7, 11) is 0. The molecule has 0 radical (unpaired) electrons. The molecule has 2 N–H and O–H groups in total. The Morgan fingerprint density at radius 2 is 2.11 bits per heavy atom. The average molecular weight is 372 g/mol. The van der Waals surface area contributed by atoms with Crippen LogP contribution in [-0.2, 0) is 4.74 Å². The number of carbonyl (C=O) groups excluding carboxylic acids is 1. The first kappa shape index (κ1) is 18.1. The molecule has 2 aromatic rings. The number of rotatable bonds is 5. The Balaban J connectivity index is 1.34. The Bertz CT molecular complexity index is 780. The van der Waals surface area contributed by atoms with Crippen LogP contribution >= 0.6 is 0 Å². The quantitative estimate of drug-likeness (QED) is 0.846. The summed E-state index contributed by atoms with van der Waals surface area (Å²) in [5.41, 5.74) is 1.15. The van der Waals surface area contributed by atoms with Gasteiger partial charge in [-0.3, -0.25) is 9.89 Å². The van der Waals surface area contributed by atoms with E-state index in [2.05, 4.69) is 20.4 Å². The molecule has 0 saturated carbocycles. The molecule has 2 saturated heterocycles. The van der Waals surface area contributed by atoms with E-state index in [1.807, 2.05) is 0 Å². The van der Waals surface area contributed by atoms with Crippen LogP contribution in [0.2, 0.25) is 0 Å². The monoisotopic (exact) mass is 372 g/mol. The molecule has 1 atom stereocenters. The van der Waals surface area contributed by atoms with Crippen molar-refractivity contribution in [1.29, 1.82) is 0 Å². The van der Waals surface area contributed by atoms with Crippen LogP contribution in [0.1, 0.15) is 36.0 Å². The molecular weight excluding hydrogens is 347 g/mol. The number of aromatic nitrogens is 2. The second-order valence-corrected chi connectivity index (χ2v) is 7.32. The molecule has 1 aromatic carbocycles. The van der Waals surface area contributed by atoms with Crippen molar-refractivity contribution in [2.45, 2.75) is 37.8 Å². The molecule has 1 aromatic heterocycles. The lowest BCUT2D eigenvalue weighted by Gasteiger charge is -2.33. The zero-order valence-corrected chi connectivity index (χ0v) is 15.3. The van der Waals surface area contributed by atoms with Crippen LogP contribution < -0.4 is 5.32 Å². The number of nitrogens with one attached hydrogen (secondary N) is 2. The van der Waals surface area contributed by atoms with Crippen molar-refractivity contribution in [3.63, 3.8) is 0 Å². The van der Waals surface area contributed by atoms with Crippen molar-refractivity contribution in [3.05, 3.63) is 41.8 Å². The van der Waals surface area contributed by atoms with Gasteiger partial charge in [-0.2, -0.15) is 5.10 Å². The topological polar surface area (TPSA) is 70.2 Å². The van der Waals surface area contributed by atoms with Crippen LogP contribution in [0.25, 0.3) is 11.3 Å². The highest BCUT2D eigenvalue weighted by Gasteiger charge is 2.26. The van der Waals surface area contributed by atoms with Gasteiger partial charge in [0.05, 0.1) is 23.6 Å². The molecule has 144 valence electrons. The highest BCUT2D eigenvalue weighted by molar-refractivity contribution is 5.99. The van der Waals surface area contributed by atoms with Crippen molar-refractivity contribution in [3.8, 4) is 11.3 Å². The normalized spacial score (nSPS) is 21.4. The lowest BCUT2D eigenvalue weighted by molar-refractivity contribution is 0.0613. The Kier molecular flexibility index (Phi) is 5.50. The van der Waals surface area contributed by atoms with Crippen molar-refractivity contribution in [1.82, 2.24) is 20.4 Å². The van der Waals surface area contributed by atoms with Crippen LogP contribution in [-0.4, -0.2) is 59.4 Å². The fourth-order valence-corrected chi connectivity index (χ4v) is 3.93. The molecule has 2 aliphatic rings. The molecular formula is C20H25FN4O2. The zero-order valence-electron chi connectivity index (χ0n) is 15.3. The lowest BCUT2D eigenvalue weighted by Crippen LogP contribution is -2.46. The Morgan fingerprint density at radius 1 is 1.30 bits per heavy atom. The average Bonchev–Trinajstić information content (AvgIpc) is 3.35. The van der Waals surface area contributed by atoms with E-state index in [1.54, 1.807) is 18.2 Å². The Labute approximate surface area is 158 Å². The molecule has 4 rings (SSSR count).